The summed E-state index contributed by atoms with van der Waals surface area (Å²) in [6.07, 6.45) is 2.37. The van der Waals surface area contributed by atoms with E-state index in [0.717, 1.165) is 6.20 Å². The Morgan fingerprint density at radius 3 is 2.67 bits per heavy atom. The second-order valence-corrected chi connectivity index (χ2v) is 3.87. The predicted octanol–water partition coefficient (Wildman–Crippen LogP) is 2.49. The molecule has 8 heteroatoms. The fraction of sp³-hybridized carbons (Fsp3) is 0.0769. The third-order valence-corrected chi connectivity index (χ3v) is 2.59. The van der Waals surface area contributed by atoms with E-state index in [1.807, 2.05) is 0 Å². The van der Waals surface area contributed by atoms with Gasteiger partial charge in [0.15, 0.2) is 11.5 Å². The van der Waals surface area contributed by atoms with Gasteiger partial charge in [0.1, 0.15) is 6.20 Å². The van der Waals surface area contributed by atoms with Crippen molar-refractivity contribution in [2.45, 2.75) is 0 Å². The van der Waals surface area contributed by atoms with Crippen molar-refractivity contribution in [3.05, 3.63) is 52.3 Å². The lowest BCUT2D eigenvalue weighted by atomic mass is 10.2. The van der Waals surface area contributed by atoms with Crippen LogP contribution in [0.4, 0.5) is 5.69 Å². The van der Waals surface area contributed by atoms with Crippen molar-refractivity contribution in [3.8, 4) is 17.2 Å². The maximum absolute atomic E-state index is 11.0. The van der Waals surface area contributed by atoms with E-state index in [4.69, 9.17) is 14.6 Å². The van der Waals surface area contributed by atoms with Gasteiger partial charge in [-0.05, 0) is 18.2 Å². The molecule has 8 nitrogen and oxygen atoms in total. The molecule has 0 radical (unpaired) electrons. The van der Waals surface area contributed by atoms with Crippen LogP contribution in [-0.4, -0.2) is 28.1 Å². The van der Waals surface area contributed by atoms with E-state index < -0.39 is 10.9 Å². The highest BCUT2D eigenvalue weighted by molar-refractivity contribution is 5.88. The summed E-state index contributed by atoms with van der Waals surface area (Å²) in [6, 6.07) is 5.29. The molecule has 0 atom stereocenters. The molecule has 0 bridgehead atoms. The molecule has 0 aliphatic rings. The average molecular weight is 290 g/mol. The topological polar surface area (TPSA) is 112 Å². The van der Waals surface area contributed by atoms with E-state index in [1.54, 1.807) is 0 Å². The van der Waals surface area contributed by atoms with Gasteiger partial charge in [0.05, 0.1) is 17.6 Å². The Kier molecular flexibility index (Phi) is 3.98. The average Bonchev–Trinajstić information content (AvgIpc) is 2.47. The number of hydrogen-bond acceptors (Lipinski definition) is 6. The number of rotatable bonds is 5. The standard InChI is InChI=1S/C13H10N2O6/c1-20-11-3-2-8(13(16)17)6-12(11)21-10-4-5-14-7-9(10)15(18)19/h2-7H,1H3,(H,16,17). The summed E-state index contributed by atoms with van der Waals surface area (Å²) in [5.41, 5.74) is -0.359. The SMILES string of the molecule is COc1ccc(C(=O)O)cc1Oc1ccncc1[N+](=O)[O-]. The lowest BCUT2D eigenvalue weighted by Gasteiger charge is -2.10. The number of nitrogens with zero attached hydrogens (tertiary/aromatic N) is 2. The molecule has 0 spiro atoms. The van der Waals surface area contributed by atoms with Crippen molar-refractivity contribution in [2.24, 2.45) is 0 Å². The van der Waals surface area contributed by atoms with Crippen LogP contribution in [0.1, 0.15) is 10.4 Å². The highest BCUT2D eigenvalue weighted by atomic mass is 16.6. The lowest BCUT2D eigenvalue weighted by Crippen LogP contribution is -1.99. The van der Waals surface area contributed by atoms with Crippen molar-refractivity contribution in [3.63, 3.8) is 0 Å². The lowest BCUT2D eigenvalue weighted by molar-refractivity contribution is -0.386. The molecule has 0 fully saturated rings. The summed E-state index contributed by atoms with van der Waals surface area (Å²) < 4.78 is 10.5. The number of aromatic carboxylic acids is 1. The van der Waals surface area contributed by atoms with E-state index in [2.05, 4.69) is 4.98 Å². The molecule has 1 heterocycles. The smallest absolute Gasteiger partial charge is 0.335 e. The Bertz CT molecular complexity index is 701. The van der Waals surface area contributed by atoms with Crippen LogP contribution in [0.15, 0.2) is 36.7 Å². The van der Waals surface area contributed by atoms with Crippen LogP contribution in [0.5, 0.6) is 17.2 Å². The molecule has 2 aromatic rings. The second kappa shape index (κ2) is 5.87. The molecule has 1 aromatic heterocycles. The van der Waals surface area contributed by atoms with Crippen molar-refractivity contribution < 1.29 is 24.3 Å². The fourth-order valence-electron chi connectivity index (χ4n) is 1.60. The molecule has 0 saturated carbocycles. The number of carboxylic acids is 1. The third kappa shape index (κ3) is 3.06. The Morgan fingerprint density at radius 1 is 1.29 bits per heavy atom. The van der Waals surface area contributed by atoms with Crippen LogP contribution in [0.2, 0.25) is 0 Å². The number of ether oxygens (including phenoxy) is 2. The van der Waals surface area contributed by atoms with E-state index in [-0.39, 0.29) is 28.5 Å². The van der Waals surface area contributed by atoms with Gasteiger partial charge in [-0.15, -0.1) is 0 Å². The molecule has 1 aromatic carbocycles. The first kappa shape index (κ1) is 14.3. The predicted molar refractivity (Wildman–Crippen MR) is 70.9 cm³/mol. The van der Waals surface area contributed by atoms with Crippen LogP contribution in [-0.2, 0) is 0 Å². The molecule has 21 heavy (non-hydrogen) atoms. The number of aromatic nitrogens is 1. The van der Waals surface area contributed by atoms with E-state index >= 15 is 0 Å². The van der Waals surface area contributed by atoms with Crippen molar-refractivity contribution in [2.75, 3.05) is 7.11 Å². The van der Waals surface area contributed by atoms with Crippen molar-refractivity contribution in [1.82, 2.24) is 4.98 Å². The summed E-state index contributed by atoms with van der Waals surface area (Å²) in [6.45, 7) is 0. The highest BCUT2D eigenvalue weighted by Crippen LogP contribution is 2.36. The monoisotopic (exact) mass is 290 g/mol. The molecule has 108 valence electrons. The summed E-state index contributed by atoms with van der Waals surface area (Å²) in [4.78, 5) is 24.9. The zero-order valence-electron chi connectivity index (χ0n) is 10.8. The van der Waals surface area contributed by atoms with Gasteiger partial charge < -0.3 is 14.6 Å². The summed E-state index contributed by atoms with van der Waals surface area (Å²) in [5, 5.41) is 19.9. The van der Waals surface area contributed by atoms with E-state index in [0.29, 0.717) is 0 Å². The first-order chi connectivity index (χ1) is 10.0. The van der Waals surface area contributed by atoms with Gasteiger partial charge in [-0.1, -0.05) is 0 Å². The molecule has 2 rings (SSSR count). The van der Waals surface area contributed by atoms with Crippen molar-refractivity contribution >= 4 is 11.7 Å². The number of carbonyl (C=O) groups is 1. The first-order valence-electron chi connectivity index (χ1n) is 5.70. The Morgan fingerprint density at radius 2 is 2.05 bits per heavy atom. The number of hydrogen-bond donors (Lipinski definition) is 1. The van der Waals surface area contributed by atoms with E-state index in [1.165, 1.54) is 37.6 Å². The maximum Gasteiger partial charge on any atom is 0.335 e. The van der Waals surface area contributed by atoms with Gasteiger partial charge in [0.25, 0.3) is 0 Å². The number of benzene rings is 1. The van der Waals surface area contributed by atoms with E-state index in [9.17, 15) is 14.9 Å². The van der Waals surface area contributed by atoms with Gasteiger partial charge in [0.2, 0.25) is 5.75 Å². The van der Waals surface area contributed by atoms with Crippen molar-refractivity contribution in [1.29, 1.82) is 0 Å². The normalized spacial score (nSPS) is 9.95. The number of pyridine rings is 1. The first-order valence-corrected chi connectivity index (χ1v) is 5.70. The van der Waals surface area contributed by atoms with Gasteiger partial charge in [-0.2, -0.15) is 0 Å². The van der Waals surface area contributed by atoms with Crippen LogP contribution in [0, 0.1) is 10.1 Å². The fourth-order valence-corrected chi connectivity index (χ4v) is 1.60. The minimum Gasteiger partial charge on any atom is -0.493 e. The molecular weight excluding hydrogens is 280 g/mol. The Balaban J connectivity index is 2.45. The van der Waals surface area contributed by atoms with Gasteiger partial charge in [-0.25, -0.2) is 4.79 Å². The molecular formula is C13H10N2O6. The van der Waals surface area contributed by atoms with Crippen LogP contribution in [0.3, 0.4) is 0 Å². The number of nitro groups is 1. The van der Waals surface area contributed by atoms with Crippen LogP contribution >= 0.6 is 0 Å². The third-order valence-electron chi connectivity index (χ3n) is 2.59. The number of carboxylic acid groups (broad SMARTS) is 1. The largest absolute Gasteiger partial charge is 0.493 e. The zero-order chi connectivity index (χ0) is 15.4. The Hall–Kier alpha value is -3.16. The van der Waals surface area contributed by atoms with Crippen LogP contribution in [0.25, 0.3) is 0 Å². The number of methoxy groups -OCH3 is 1. The second-order valence-electron chi connectivity index (χ2n) is 3.87. The molecule has 0 saturated heterocycles. The van der Waals surface area contributed by atoms with Gasteiger partial charge >= 0.3 is 11.7 Å². The minimum atomic E-state index is -1.15. The molecule has 0 amide bonds. The van der Waals surface area contributed by atoms with Gasteiger partial charge in [0, 0.05) is 12.3 Å². The summed E-state index contributed by atoms with van der Waals surface area (Å²) in [5.74, 6) is -0.889. The van der Waals surface area contributed by atoms with Gasteiger partial charge in [-0.3, -0.25) is 15.1 Å². The molecule has 0 aliphatic carbocycles. The summed E-state index contributed by atoms with van der Waals surface area (Å²) >= 11 is 0. The van der Waals surface area contributed by atoms with Crippen LogP contribution < -0.4 is 9.47 Å². The zero-order valence-corrected chi connectivity index (χ0v) is 10.8. The summed E-state index contributed by atoms with van der Waals surface area (Å²) in [7, 11) is 1.38. The minimum absolute atomic E-state index is 0.0255. The maximum atomic E-state index is 11.0. The highest BCUT2D eigenvalue weighted by Gasteiger charge is 2.18. The molecule has 0 aliphatic heterocycles. The molecule has 0 unspecified atom stereocenters. The quantitative estimate of drug-likeness (QED) is 0.664. The molecule has 1 N–H and O–H groups in total. The Labute approximate surface area is 118 Å².